The fourth-order valence-corrected chi connectivity index (χ4v) is 4.12. The Morgan fingerprint density at radius 3 is 2.43 bits per heavy atom. The fourth-order valence-electron chi connectivity index (χ4n) is 3.36. The molecule has 10 nitrogen and oxygen atoms in total. The van der Waals surface area contributed by atoms with Gasteiger partial charge in [0, 0.05) is 5.54 Å². The molecule has 2 aromatic heterocycles. The van der Waals surface area contributed by atoms with Crippen molar-refractivity contribution in [1.82, 2.24) is 14.6 Å². The molecule has 5 N–H and O–H groups in total. The zero-order valence-corrected chi connectivity index (χ0v) is 20.8. The number of anilines is 1. The molecule has 11 heteroatoms. The summed E-state index contributed by atoms with van der Waals surface area (Å²) in [6.07, 6.45) is 2.15. The molecule has 1 atom stereocenters. The van der Waals surface area contributed by atoms with Crippen LogP contribution in [0.25, 0.3) is 0 Å². The van der Waals surface area contributed by atoms with Crippen LogP contribution in [0.3, 0.4) is 0 Å². The minimum absolute atomic E-state index is 0.00594. The largest absolute Gasteiger partial charge is 0.497 e. The van der Waals surface area contributed by atoms with Crippen LogP contribution in [-0.2, 0) is 11.3 Å². The maximum Gasteiger partial charge on any atom is 0.270 e. The second-order valence-electron chi connectivity index (χ2n) is 8.55. The third-order valence-electron chi connectivity index (χ3n) is 5.66. The van der Waals surface area contributed by atoms with Crippen molar-refractivity contribution in [2.24, 2.45) is 5.73 Å². The first-order valence-electron chi connectivity index (χ1n) is 10.9. The zero-order chi connectivity index (χ0) is 25.8. The monoisotopic (exact) mass is 499 g/mol. The number of carbonyl (C=O) groups excluding carboxylic acids is 3. The van der Waals surface area contributed by atoms with E-state index >= 15 is 0 Å². The van der Waals surface area contributed by atoms with Crippen LogP contribution in [-0.4, -0.2) is 39.6 Å². The van der Waals surface area contributed by atoms with E-state index in [4.69, 9.17) is 20.6 Å². The van der Waals surface area contributed by atoms with Gasteiger partial charge < -0.3 is 30.8 Å². The molecule has 0 bridgehead atoms. The number of rotatable bonds is 10. The summed E-state index contributed by atoms with van der Waals surface area (Å²) in [6.45, 7) is 5.72. The Labute approximate surface area is 207 Å². The van der Waals surface area contributed by atoms with Crippen molar-refractivity contribution in [3.05, 3.63) is 64.6 Å². The van der Waals surface area contributed by atoms with E-state index < -0.39 is 23.4 Å². The lowest BCUT2D eigenvalue weighted by Gasteiger charge is -2.34. The number of methoxy groups -OCH3 is 1. The van der Waals surface area contributed by atoms with Crippen LogP contribution < -0.4 is 21.5 Å². The van der Waals surface area contributed by atoms with Crippen molar-refractivity contribution in [3.8, 4) is 5.75 Å². The first-order valence-corrected chi connectivity index (χ1v) is 11.7. The van der Waals surface area contributed by atoms with Gasteiger partial charge in [0.25, 0.3) is 11.8 Å². The van der Waals surface area contributed by atoms with Gasteiger partial charge in [-0.2, -0.15) is 4.37 Å². The molecule has 3 rings (SSSR count). The highest BCUT2D eigenvalue weighted by Crippen LogP contribution is 2.31. The van der Waals surface area contributed by atoms with Gasteiger partial charge >= 0.3 is 0 Å². The fraction of sp³-hybridized carbons (Fsp3) is 0.333. The second-order valence-corrected chi connectivity index (χ2v) is 9.33. The van der Waals surface area contributed by atoms with Crippen molar-refractivity contribution in [1.29, 1.82) is 0 Å². The summed E-state index contributed by atoms with van der Waals surface area (Å²) >= 11 is 0.752. The maximum absolute atomic E-state index is 13.8. The zero-order valence-electron chi connectivity index (χ0n) is 20.0. The van der Waals surface area contributed by atoms with E-state index in [0.717, 1.165) is 11.5 Å². The number of amides is 3. The summed E-state index contributed by atoms with van der Waals surface area (Å²) in [7, 11) is 1.54. The minimum atomic E-state index is -1.05. The van der Waals surface area contributed by atoms with Crippen molar-refractivity contribution in [2.75, 3.05) is 12.8 Å². The van der Waals surface area contributed by atoms with Crippen LogP contribution in [0.1, 0.15) is 64.7 Å². The van der Waals surface area contributed by atoms with Gasteiger partial charge in [0.2, 0.25) is 5.91 Å². The van der Waals surface area contributed by atoms with Gasteiger partial charge in [-0.1, -0.05) is 19.1 Å². The Hall–Kier alpha value is -3.86. The smallest absolute Gasteiger partial charge is 0.270 e. The van der Waals surface area contributed by atoms with E-state index in [-0.39, 0.29) is 28.7 Å². The number of aromatic nitrogens is 1. The minimum Gasteiger partial charge on any atom is -0.497 e. The summed E-state index contributed by atoms with van der Waals surface area (Å²) in [5.41, 5.74) is 11.1. The Kier molecular flexibility index (Phi) is 7.80. The molecule has 1 aromatic carbocycles. The molecular formula is C24H29N5O5S. The van der Waals surface area contributed by atoms with Crippen LogP contribution in [0.15, 0.2) is 47.1 Å². The molecule has 186 valence electrons. The lowest BCUT2D eigenvalue weighted by molar-refractivity contribution is -0.127. The van der Waals surface area contributed by atoms with E-state index in [0.29, 0.717) is 23.5 Å². The molecule has 0 radical (unpaired) electrons. The lowest BCUT2D eigenvalue weighted by Crippen LogP contribution is -2.50. The number of benzene rings is 1. The molecule has 3 amide bonds. The van der Waals surface area contributed by atoms with Gasteiger partial charge in [0.15, 0.2) is 5.69 Å². The number of primary amides is 1. The van der Waals surface area contributed by atoms with Crippen LogP contribution >= 0.6 is 11.5 Å². The van der Waals surface area contributed by atoms with Crippen molar-refractivity contribution >= 4 is 34.9 Å². The summed E-state index contributed by atoms with van der Waals surface area (Å²) in [5, 5.41) is 3.03. The van der Waals surface area contributed by atoms with Crippen LogP contribution in [0, 0.1) is 0 Å². The molecular weight excluding hydrogens is 470 g/mol. The number of carbonyl (C=O) groups is 3. The quantitative estimate of drug-likeness (QED) is 0.387. The number of nitrogens with one attached hydrogen (secondary N) is 1. The predicted molar refractivity (Wildman–Crippen MR) is 132 cm³/mol. The van der Waals surface area contributed by atoms with Gasteiger partial charge in [-0.05, 0) is 61.6 Å². The van der Waals surface area contributed by atoms with Crippen molar-refractivity contribution < 1.29 is 23.5 Å². The van der Waals surface area contributed by atoms with Crippen LogP contribution in [0.4, 0.5) is 5.69 Å². The molecule has 2 heterocycles. The van der Waals surface area contributed by atoms with E-state index in [9.17, 15) is 14.4 Å². The average molecular weight is 500 g/mol. The standard InChI is InChI=1S/C24H29N5O5S/c1-5-24(2,3)27-22(31)19(14-8-10-15(33-4)11-9-14)29(13-16-7-6-12-34-16)23(32)20-17(25)18(21(26)30)28-35-20/h6-12,19H,5,13,25H2,1-4H3,(H2,26,30)(H,27,31)/t19-/m1/s1. The number of nitrogen functional groups attached to an aromatic ring is 1. The first-order chi connectivity index (χ1) is 16.6. The molecule has 0 aliphatic heterocycles. The van der Waals surface area contributed by atoms with Gasteiger partial charge in [0.1, 0.15) is 22.4 Å². The lowest BCUT2D eigenvalue weighted by atomic mass is 9.98. The van der Waals surface area contributed by atoms with Gasteiger partial charge in [0.05, 0.1) is 25.6 Å². The number of furan rings is 1. The Morgan fingerprint density at radius 1 is 1.23 bits per heavy atom. The Balaban J connectivity index is 2.13. The third kappa shape index (κ3) is 5.80. The van der Waals surface area contributed by atoms with E-state index in [2.05, 4.69) is 9.69 Å². The average Bonchev–Trinajstić information content (AvgIpc) is 3.48. The molecule has 0 aliphatic rings. The second kappa shape index (κ2) is 10.6. The first kappa shape index (κ1) is 25.8. The third-order valence-corrected chi connectivity index (χ3v) is 6.51. The maximum atomic E-state index is 13.8. The molecule has 0 fully saturated rings. The molecule has 3 aromatic rings. The Bertz CT molecular complexity index is 1190. The van der Waals surface area contributed by atoms with E-state index in [1.165, 1.54) is 11.2 Å². The number of nitrogens with zero attached hydrogens (tertiary/aromatic N) is 2. The summed E-state index contributed by atoms with van der Waals surface area (Å²) in [4.78, 5) is 40.5. The summed E-state index contributed by atoms with van der Waals surface area (Å²) in [5.74, 6) is -0.764. The molecule has 0 aliphatic carbocycles. The van der Waals surface area contributed by atoms with Gasteiger partial charge in [-0.25, -0.2) is 0 Å². The molecule has 0 spiro atoms. The number of ether oxygens (including phenoxy) is 1. The number of hydrogen-bond acceptors (Lipinski definition) is 8. The molecule has 35 heavy (non-hydrogen) atoms. The summed E-state index contributed by atoms with van der Waals surface area (Å²) < 4.78 is 14.7. The number of hydrogen-bond donors (Lipinski definition) is 3. The van der Waals surface area contributed by atoms with E-state index in [1.54, 1.807) is 43.5 Å². The normalized spacial score (nSPS) is 12.1. The van der Waals surface area contributed by atoms with Crippen molar-refractivity contribution in [2.45, 2.75) is 45.3 Å². The van der Waals surface area contributed by atoms with Gasteiger partial charge in [-0.15, -0.1) is 0 Å². The molecule has 0 saturated carbocycles. The SMILES string of the molecule is CCC(C)(C)NC(=O)[C@@H](c1ccc(OC)cc1)N(Cc1ccco1)C(=O)c1snc(C(N)=O)c1N. The van der Waals surface area contributed by atoms with E-state index in [1.807, 2.05) is 20.8 Å². The molecule has 0 unspecified atom stereocenters. The Morgan fingerprint density at radius 2 is 1.91 bits per heavy atom. The van der Waals surface area contributed by atoms with Crippen LogP contribution in [0.5, 0.6) is 5.75 Å². The highest BCUT2D eigenvalue weighted by molar-refractivity contribution is 7.09. The number of nitrogens with two attached hydrogens (primary N) is 2. The van der Waals surface area contributed by atoms with Crippen LogP contribution in [0.2, 0.25) is 0 Å². The topological polar surface area (TPSA) is 154 Å². The highest BCUT2D eigenvalue weighted by Gasteiger charge is 2.37. The summed E-state index contributed by atoms with van der Waals surface area (Å²) in [6, 6.07) is 9.19. The molecule has 0 saturated heterocycles. The predicted octanol–water partition coefficient (Wildman–Crippen LogP) is 3.11. The highest BCUT2D eigenvalue weighted by atomic mass is 32.1. The van der Waals surface area contributed by atoms with Crippen molar-refractivity contribution in [3.63, 3.8) is 0 Å². The van der Waals surface area contributed by atoms with Gasteiger partial charge in [-0.3, -0.25) is 14.4 Å².